The monoisotopic (exact) mass is 484 g/mol. The Morgan fingerprint density at radius 2 is 1.81 bits per heavy atom. The second-order valence-electron chi connectivity index (χ2n) is 7.13. The second kappa shape index (κ2) is 9.99. The molecule has 0 bridgehead atoms. The van der Waals surface area contributed by atoms with E-state index in [1.807, 2.05) is 37.3 Å². The zero-order chi connectivity index (χ0) is 22.6. The summed E-state index contributed by atoms with van der Waals surface area (Å²) in [6.07, 6.45) is 1.50. The van der Waals surface area contributed by atoms with Crippen molar-refractivity contribution in [1.82, 2.24) is 9.62 Å². The number of ether oxygens (including phenoxy) is 1. The van der Waals surface area contributed by atoms with Crippen LogP contribution in [0.15, 0.2) is 47.4 Å². The van der Waals surface area contributed by atoms with Gasteiger partial charge in [-0.1, -0.05) is 53.5 Å². The summed E-state index contributed by atoms with van der Waals surface area (Å²) in [5.74, 6) is -1.29. The highest BCUT2D eigenvalue weighted by atomic mass is 35.5. The van der Waals surface area contributed by atoms with Gasteiger partial charge >= 0.3 is 5.97 Å². The largest absolute Gasteiger partial charge is 0.452 e. The summed E-state index contributed by atoms with van der Waals surface area (Å²) >= 11 is 12.1. The Balaban J connectivity index is 1.69. The van der Waals surface area contributed by atoms with Gasteiger partial charge in [0.15, 0.2) is 6.61 Å². The van der Waals surface area contributed by atoms with E-state index in [1.54, 1.807) is 4.90 Å². The van der Waals surface area contributed by atoms with Crippen molar-refractivity contribution in [1.29, 1.82) is 0 Å². The van der Waals surface area contributed by atoms with Crippen molar-refractivity contribution >= 4 is 45.1 Å². The van der Waals surface area contributed by atoms with Gasteiger partial charge in [-0.15, -0.1) is 0 Å². The maximum atomic E-state index is 12.5. The number of nitrogens with one attached hydrogen (secondary N) is 1. The molecule has 2 aromatic rings. The van der Waals surface area contributed by atoms with Crippen LogP contribution in [0, 0.1) is 0 Å². The molecular formula is C21H22Cl2N2O5S. The lowest BCUT2D eigenvalue weighted by Gasteiger charge is -2.21. The molecule has 0 spiro atoms. The maximum absolute atomic E-state index is 12.5. The van der Waals surface area contributed by atoms with Crippen LogP contribution >= 0.6 is 23.2 Å². The highest BCUT2D eigenvalue weighted by molar-refractivity contribution is 7.89. The third-order valence-electron chi connectivity index (χ3n) is 4.71. The van der Waals surface area contributed by atoms with Crippen molar-refractivity contribution in [2.45, 2.75) is 37.2 Å². The van der Waals surface area contributed by atoms with Gasteiger partial charge in [0.2, 0.25) is 10.0 Å². The van der Waals surface area contributed by atoms with Gasteiger partial charge in [-0.05, 0) is 37.5 Å². The number of carbonyl (C=O) groups excluding carboxylic acids is 2. The molecule has 0 saturated heterocycles. The third-order valence-corrected chi connectivity index (χ3v) is 7.01. The van der Waals surface area contributed by atoms with Gasteiger partial charge in [0.25, 0.3) is 5.91 Å². The SMILES string of the molecule is CCN(Cc1ccccc1)C(=O)COC(=O)c1cc(S(=O)(=O)NC2CC2)c(Cl)cc1Cl. The van der Waals surface area contributed by atoms with Crippen LogP contribution in [0.2, 0.25) is 10.0 Å². The fourth-order valence-electron chi connectivity index (χ4n) is 2.85. The minimum atomic E-state index is -3.91. The number of likely N-dealkylation sites (N-methyl/N-ethyl adjacent to an activating group) is 1. The number of halogens is 2. The Hall–Kier alpha value is -2.13. The Kier molecular flexibility index (Phi) is 7.59. The standard InChI is InChI=1S/C21H22Cl2N2O5S/c1-2-25(12-14-6-4-3-5-7-14)20(26)13-30-21(27)16-10-19(18(23)11-17(16)22)31(28,29)24-15-8-9-15/h3-7,10-11,15,24H,2,8-9,12-13H2,1H3. The summed E-state index contributed by atoms with van der Waals surface area (Å²) < 4.78 is 32.6. The predicted molar refractivity (Wildman–Crippen MR) is 118 cm³/mol. The first-order chi connectivity index (χ1) is 14.7. The minimum absolute atomic E-state index is 0.0653. The molecule has 2 aromatic carbocycles. The quantitative estimate of drug-likeness (QED) is 0.548. The summed E-state index contributed by atoms with van der Waals surface area (Å²) in [6.45, 7) is 2.14. The Bertz CT molecular complexity index is 1070. The first kappa shape index (κ1) is 23.5. The van der Waals surface area contributed by atoms with E-state index < -0.39 is 22.6 Å². The van der Waals surface area contributed by atoms with Crippen molar-refractivity contribution in [3.8, 4) is 0 Å². The first-order valence-electron chi connectivity index (χ1n) is 9.71. The van der Waals surface area contributed by atoms with Crippen LogP contribution in [-0.4, -0.2) is 44.4 Å². The molecule has 3 rings (SSSR count). The van der Waals surface area contributed by atoms with Gasteiger partial charge in [0.1, 0.15) is 4.90 Å². The number of carbonyl (C=O) groups is 2. The van der Waals surface area contributed by atoms with Crippen LogP contribution in [-0.2, 0) is 26.1 Å². The molecule has 0 atom stereocenters. The molecular weight excluding hydrogens is 463 g/mol. The zero-order valence-electron chi connectivity index (χ0n) is 16.8. The molecule has 31 heavy (non-hydrogen) atoms. The zero-order valence-corrected chi connectivity index (χ0v) is 19.1. The van der Waals surface area contributed by atoms with Gasteiger partial charge in [-0.3, -0.25) is 4.79 Å². The fraction of sp³-hybridized carbons (Fsp3) is 0.333. The lowest BCUT2D eigenvalue weighted by Crippen LogP contribution is -2.34. The highest BCUT2D eigenvalue weighted by Crippen LogP contribution is 2.31. The maximum Gasteiger partial charge on any atom is 0.340 e. The van der Waals surface area contributed by atoms with E-state index in [-0.39, 0.29) is 32.5 Å². The number of benzene rings is 2. The molecule has 0 aliphatic heterocycles. The van der Waals surface area contributed by atoms with Crippen LogP contribution in [0.25, 0.3) is 0 Å². The molecule has 1 fully saturated rings. The van der Waals surface area contributed by atoms with E-state index in [0.29, 0.717) is 13.1 Å². The number of hydrogen-bond acceptors (Lipinski definition) is 5. The fourth-order valence-corrected chi connectivity index (χ4v) is 5.01. The molecule has 1 aliphatic carbocycles. The molecule has 10 heteroatoms. The van der Waals surface area contributed by atoms with Crippen molar-refractivity contribution in [3.63, 3.8) is 0 Å². The third kappa shape index (κ3) is 6.20. The van der Waals surface area contributed by atoms with Crippen molar-refractivity contribution in [2.75, 3.05) is 13.2 Å². The van der Waals surface area contributed by atoms with E-state index in [9.17, 15) is 18.0 Å². The Morgan fingerprint density at radius 1 is 1.13 bits per heavy atom. The molecule has 7 nitrogen and oxygen atoms in total. The molecule has 1 saturated carbocycles. The van der Waals surface area contributed by atoms with Gasteiger partial charge in [0, 0.05) is 19.1 Å². The van der Waals surface area contributed by atoms with Gasteiger partial charge < -0.3 is 9.64 Å². The second-order valence-corrected chi connectivity index (χ2v) is 9.62. The Morgan fingerprint density at radius 3 is 2.42 bits per heavy atom. The van der Waals surface area contributed by atoms with E-state index in [2.05, 4.69) is 4.72 Å². The van der Waals surface area contributed by atoms with Crippen LogP contribution in [0.3, 0.4) is 0 Å². The molecule has 0 radical (unpaired) electrons. The number of rotatable bonds is 9. The van der Waals surface area contributed by atoms with Gasteiger partial charge in [-0.25, -0.2) is 17.9 Å². The van der Waals surface area contributed by atoms with Crippen LogP contribution in [0.5, 0.6) is 0 Å². The molecule has 1 amide bonds. The number of nitrogens with zero attached hydrogens (tertiary/aromatic N) is 1. The smallest absolute Gasteiger partial charge is 0.340 e. The normalized spacial score (nSPS) is 13.6. The first-order valence-corrected chi connectivity index (χ1v) is 12.0. The average Bonchev–Trinajstić information content (AvgIpc) is 3.53. The molecule has 1 N–H and O–H groups in total. The summed E-state index contributed by atoms with van der Waals surface area (Å²) in [5.41, 5.74) is 0.768. The van der Waals surface area contributed by atoms with Crippen molar-refractivity contribution < 1.29 is 22.7 Å². The lowest BCUT2D eigenvalue weighted by atomic mass is 10.2. The molecule has 1 aliphatic rings. The van der Waals surface area contributed by atoms with E-state index in [4.69, 9.17) is 27.9 Å². The Labute approximate surface area is 191 Å². The highest BCUT2D eigenvalue weighted by Gasteiger charge is 2.30. The van der Waals surface area contributed by atoms with Crippen LogP contribution < -0.4 is 4.72 Å². The van der Waals surface area contributed by atoms with Crippen molar-refractivity contribution in [2.24, 2.45) is 0 Å². The average molecular weight is 485 g/mol. The summed E-state index contributed by atoms with van der Waals surface area (Å²) in [4.78, 5) is 26.3. The topological polar surface area (TPSA) is 92.8 Å². The van der Waals surface area contributed by atoms with Crippen molar-refractivity contribution in [3.05, 3.63) is 63.6 Å². The van der Waals surface area contributed by atoms with Gasteiger partial charge in [-0.2, -0.15) is 0 Å². The molecule has 166 valence electrons. The predicted octanol–water partition coefficient (Wildman–Crippen LogP) is 3.64. The number of sulfonamides is 1. The number of hydrogen-bond donors (Lipinski definition) is 1. The van der Waals surface area contributed by atoms with E-state index in [1.165, 1.54) is 6.07 Å². The molecule has 0 aromatic heterocycles. The number of amides is 1. The molecule has 0 unspecified atom stereocenters. The van der Waals surface area contributed by atoms with E-state index >= 15 is 0 Å². The number of esters is 1. The summed E-state index contributed by atoms with van der Waals surface area (Å²) in [7, 11) is -3.91. The summed E-state index contributed by atoms with van der Waals surface area (Å²) in [5, 5.41) is -0.171. The lowest BCUT2D eigenvalue weighted by molar-refractivity contribution is -0.134. The summed E-state index contributed by atoms with van der Waals surface area (Å²) in [6, 6.07) is 11.5. The van der Waals surface area contributed by atoms with Crippen LogP contribution in [0.1, 0.15) is 35.7 Å². The molecule has 0 heterocycles. The van der Waals surface area contributed by atoms with E-state index in [0.717, 1.165) is 24.5 Å². The minimum Gasteiger partial charge on any atom is -0.452 e. The van der Waals surface area contributed by atoms with Gasteiger partial charge in [0.05, 0.1) is 15.6 Å². The van der Waals surface area contributed by atoms with Crippen LogP contribution in [0.4, 0.5) is 0 Å².